The van der Waals surface area contributed by atoms with E-state index in [-0.39, 0.29) is 0 Å². The zero-order chi connectivity index (χ0) is 13.1. The third-order valence-corrected chi connectivity index (χ3v) is 3.98. The molecule has 0 aliphatic rings. The van der Waals surface area contributed by atoms with Gasteiger partial charge in [-0.25, -0.2) is 4.98 Å². The molecule has 0 bridgehead atoms. The van der Waals surface area contributed by atoms with E-state index < -0.39 is 0 Å². The van der Waals surface area contributed by atoms with E-state index in [1.54, 1.807) is 0 Å². The Morgan fingerprint density at radius 2 is 2.22 bits per heavy atom. The van der Waals surface area contributed by atoms with Crippen LogP contribution >= 0.6 is 27.5 Å². The van der Waals surface area contributed by atoms with Crippen LogP contribution in [0, 0.1) is 5.92 Å². The van der Waals surface area contributed by atoms with E-state index in [9.17, 15) is 0 Å². The fraction of sp³-hybridized carbons (Fsp3) is 0.500. The molecule has 1 aromatic carbocycles. The SMILES string of the molecule is CCC(C)Cn1c(CCCl)nc2cc(Br)ccc21. The first-order valence-electron chi connectivity index (χ1n) is 6.36. The Kier molecular flexibility index (Phi) is 4.68. The van der Waals surface area contributed by atoms with Gasteiger partial charge in [-0.1, -0.05) is 36.2 Å². The van der Waals surface area contributed by atoms with Crippen LogP contribution in [0.4, 0.5) is 0 Å². The summed E-state index contributed by atoms with van der Waals surface area (Å²) in [5.41, 5.74) is 2.26. The highest BCUT2D eigenvalue weighted by molar-refractivity contribution is 9.10. The van der Waals surface area contributed by atoms with Crippen molar-refractivity contribution in [2.45, 2.75) is 33.2 Å². The van der Waals surface area contributed by atoms with Gasteiger partial charge in [0.1, 0.15) is 5.82 Å². The summed E-state index contributed by atoms with van der Waals surface area (Å²) >= 11 is 9.37. The number of imidazole rings is 1. The molecule has 0 saturated heterocycles. The third kappa shape index (κ3) is 2.89. The van der Waals surface area contributed by atoms with Crippen molar-refractivity contribution < 1.29 is 0 Å². The maximum absolute atomic E-state index is 5.87. The first-order valence-corrected chi connectivity index (χ1v) is 7.69. The molecule has 0 amide bonds. The lowest BCUT2D eigenvalue weighted by Crippen LogP contribution is -2.10. The molecule has 1 aromatic heterocycles. The summed E-state index contributed by atoms with van der Waals surface area (Å²) in [5, 5.41) is 0. The Morgan fingerprint density at radius 3 is 2.89 bits per heavy atom. The van der Waals surface area contributed by atoms with Crippen molar-refractivity contribution in [1.29, 1.82) is 0 Å². The summed E-state index contributed by atoms with van der Waals surface area (Å²) in [5.74, 6) is 2.36. The molecule has 98 valence electrons. The largest absolute Gasteiger partial charge is 0.328 e. The average molecular weight is 330 g/mol. The van der Waals surface area contributed by atoms with Crippen LogP contribution in [0.5, 0.6) is 0 Å². The van der Waals surface area contributed by atoms with E-state index in [4.69, 9.17) is 16.6 Å². The molecule has 1 unspecified atom stereocenters. The maximum atomic E-state index is 5.87. The molecule has 0 fully saturated rings. The zero-order valence-electron chi connectivity index (χ0n) is 10.8. The van der Waals surface area contributed by atoms with Crippen LogP contribution in [0.25, 0.3) is 11.0 Å². The minimum absolute atomic E-state index is 0.616. The summed E-state index contributed by atoms with van der Waals surface area (Å²) in [6.45, 7) is 5.51. The fourth-order valence-electron chi connectivity index (χ4n) is 2.07. The van der Waals surface area contributed by atoms with E-state index in [1.165, 1.54) is 11.9 Å². The number of hydrogen-bond acceptors (Lipinski definition) is 1. The number of aryl methyl sites for hydroxylation is 1. The van der Waals surface area contributed by atoms with Gasteiger partial charge in [0.25, 0.3) is 0 Å². The summed E-state index contributed by atoms with van der Waals surface area (Å²) in [7, 11) is 0. The molecule has 0 N–H and O–H groups in total. The molecule has 0 radical (unpaired) electrons. The van der Waals surface area contributed by atoms with Crippen molar-refractivity contribution in [2.75, 3.05) is 5.88 Å². The average Bonchev–Trinajstić information content (AvgIpc) is 2.67. The molecule has 0 aliphatic carbocycles. The van der Waals surface area contributed by atoms with Crippen LogP contribution in [-0.2, 0) is 13.0 Å². The fourth-order valence-corrected chi connectivity index (χ4v) is 2.59. The van der Waals surface area contributed by atoms with Gasteiger partial charge < -0.3 is 4.57 Å². The second kappa shape index (κ2) is 6.07. The van der Waals surface area contributed by atoms with Crippen molar-refractivity contribution in [3.05, 3.63) is 28.5 Å². The van der Waals surface area contributed by atoms with Crippen molar-refractivity contribution in [3.8, 4) is 0 Å². The van der Waals surface area contributed by atoms with Crippen LogP contribution in [-0.4, -0.2) is 15.4 Å². The summed E-state index contributed by atoms with van der Waals surface area (Å²) in [4.78, 5) is 4.70. The standard InChI is InChI=1S/C14H18BrClN2/c1-3-10(2)9-18-13-5-4-11(15)8-12(13)17-14(18)6-7-16/h4-5,8,10H,3,6-7,9H2,1-2H3. The second-order valence-electron chi connectivity index (χ2n) is 4.72. The van der Waals surface area contributed by atoms with Gasteiger partial charge in [0.2, 0.25) is 0 Å². The van der Waals surface area contributed by atoms with Crippen molar-refractivity contribution in [1.82, 2.24) is 9.55 Å². The Hall–Kier alpha value is -0.540. The molecule has 0 aliphatic heterocycles. The predicted molar refractivity (Wildman–Crippen MR) is 81.3 cm³/mol. The number of aromatic nitrogens is 2. The van der Waals surface area contributed by atoms with Gasteiger partial charge in [-0.2, -0.15) is 0 Å². The normalized spacial score (nSPS) is 13.1. The molecule has 1 atom stereocenters. The van der Waals surface area contributed by atoms with Gasteiger partial charge >= 0.3 is 0 Å². The van der Waals surface area contributed by atoms with Crippen molar-refractivity contribution in [3.63, 3.8) is 0 Å². The number of nitrogens with zero attached hydrogens (tertiary/aromatic N) is 2. The highest BCUT2D eigenvalue weighted by Crippen LogP contribution is 2.23. The van der Waals surface area contributed by atoms with Gasteiger partial charge in [0.15, 0.2) is 0 Å². The van der Waals surface area contributed by atoms with Crippen LogP contribution in [0.3, 0.4) is 0 Å². The lowest BCUT2D eigenvalue weighted by atomic mass is 10.1. The minimum Gasteiger partial charge on any atom is -0.328 e. The lowest BCUT2D eigenvalue weighted by molar-refractivity contribution is 0.466. The first-order chi connectivity index (χ1) is 8.65. The van der Waals surface area contributed by atoms with Crippen LogP contribution in [0.1, 0.15) is 26.1 Å². The number of hydrogen-bond donors (Lipinski definition) is 0. The Bertz CT molecular complexity index is 536. The number of benzene rings is 1. The van der Waals surface area contributed by atoms with Gasteiger partial charge in [-0.05, 0) is 24.1 Å². The molecular formula is C14H18BrClN2. The molecule has 1 heterocycles. The Morgan fingerprint density at radius 1 is 1.44 bits per heavy atom. The molecule has 2 aromatic rings. The topological polar surface area (TPSA) is 17.8 Å². The minimum atomic E-state index is 0.616. The van der Waals surface area contributed by atoms with Crippen molar-refractivity contribution in [2.24, 2.45) is 5.92 Å². The third-order valence-electron chi connectivity index (χ3n) is 3.30. The van der Waals surface area contributed by atoms with Crippen molar-refractivity contribution >= 4 is 38.6 Å². The summed E-state index contributed by atoms with van der Waals surface area (Å²) in [6, 6.07) is 6.27. The maximum Gasteiger partial charge on any atom is 0.111 e. The Labute approximate surface area is 121 Å². The van der Waals surface area contributed by atoms with Gasteiger partial charge in [-0.3, -0.25) is 0 Å². The molecule has 2 nitrogen and oxygen atoms in total. The zero-order valence-corrected chi connectivity index (χ0v) is 13.1. The molecule has 0 saturated carbocycles. The van der Waals surface area contributed by atoms with E-state index >= 15 is 0 Å². The van der Waals surface area contributed by atoms with Gasteiger partial charge in [0, 0.05) is 23.3 Å². The number of halogens is 2. The van der Waals surface area contributed by atoms with E-state index in [2.05, 4.69) is 52.5 Å². The molecule has 18 heavy (non-hydrogen) atoms. The predicted octanol–water partition coefficient (Wildman–Crippen LogP) is 4.63. The van der Waals surface area contributed by atoms with Crippen LogP contribution in [0.2, 0.25) is 0 Å². The Balaban J connectivity index is 2.48. The highest BCUT2D eigenvalue weighted by Gasteiger charge is 2.12. The van der Waals surface area contributed by atoms with Gasteiger partial charge in [-0.15, -0.1) is 11.6 Å². The molecule has 0 spiro atoms. The monoisotopic (exact) mass is 328 g/mol. The van der Waals surface area contributed by atoms with Crippen LogP contribution < -0.4 is 0 Å². The number of rotatable bonds is 5. The first kappa shape index (κ1) is 13.9. The van der Waals surface area contributed by atoms with E-state index in [0.717, 1.165) is 28.8 Å². The highest BCUT2D eigenvalue weighted by atomic mass is 79.9. The quantitative estimate of drug-likeness (QED) is 0.732. The summed E-state index contributed by atoms with van der Waals surface area (Å²) in [6.07, 6.45) is 2.00. The number of alkyl halides is 1. The molecule has 2 rings (SSSR count). The molecule has 4 heteroatoms. The van der Waals surface area contributed by atoms with Crippen LogP contribution in [0.15, 0.2) is 22.7 Å². The smallest absolute Gasteiger partial charge is 0.111 e. The van der Waals surface area contributed by atoms with E-state index in [1.807, 2.05) is 0 Å². The lowest BCUT2D eigenvalue weighted by Gasteiger charge is -2.13. The molecular weight excluding hydrogens is 312 g/mol. The second-order valence-corrected chi connectivity index (χ2v) is 6.02. The number of fused-ring (bicyclic) bond motifs is 1. The summed E-state index contributed by atoms with van der Waals surface area (Å²) < 4.78 is 3.39. The van der Waals surface area contributed by atoms with E-state index in [0.29, 0.717) is 11.8 Å². The van der Waals surface area contributed by atoms with Gasteiger partial charge in [0.05, 0.1) is 11.0 Å².